The first kappa shape index (κ1) is 25.6. The molecule has 3 aromatic heterocycles. The van der Waals surface area contributed by atoms with Crippen LogP contribution in [0.2, 0.25) is 0 Å². The molecule has 0 radical (unpaired) electrons. The smallest absolute Gasteiger partial charge is 0.254 e. The molecule has 2 aromatic carbocycles. The maximum atomic E-state index is 13.9. The number of likely N-dealkylation sites (tertiary alicyclic amines) is 1. The van der Waals surface area contributed by atoms with E-state index < -0.39 is 0 Å². The number of para-hydroxylation sites is 1. The number of hydrogen-bond donors (Lipinski definition) is 0. The molecule has 2 saturated heterocycles. The highest BCUT2D eigenvalue weighted by Gasteiger charge is 2.61. The summed E-state index contributed by atoms with van der Waals surface area (Å²) in [4.78, 5) is 31.8. The Balaban J connectivity index is 1.11. The molecule has 0 bridgehead atoms. The summed E-state index contributed by atoms with van der Waals surface area (Å²) in [5, 5.41) is 10.4. The fourth-order valence-corrected chi connectivity index (χ4v) is 8.46. The maximum absolute atomic E-state index is 13.9. The van der Waals surface area contributed by atoms with Gasteiger partial charge in [-0.2, -0.15) is 5.26 Å². The van der Waals surface area contributed by atoms with Crippen molar-refractivity contribution < 1.29 is 9.53 Å². The second-order valence-electron chi connectivity index (χ2n) is 13.0. The summed E-state index contributed by atoms with van der Waals surface area (Å²) < 4.78 is 10.5. The first-order chi connectivity index (χ1) is 21.5. The van der Waals surface area contributed by atoms with Crippen molar-refractivity contribution in [2.24, 2.45) is 30.7 Å². The zero-order chi connectivity index (χ0) is 29.7. The molecule has 3 unspecified atom stereocenters. The van der Waals surface area contributed by atoms with E-state index in [0.717, 1.165) is 83.7 Å². The Hall–Kier alpha value is -4.91. The minimum Gasteiger partial charge on any atom is -0.494 e. The molecule has 1 amide bonds. The fraction of sp³-hybridized carbons (Fsp3) is 0.382. The van der Waals surface area contributed by atoms with E-state index in [1.807, 2.05) is 24.3 Å². The quantitative estimate of drug-likeness (QED) is 0.290. The number of anilines is 1. The third kappa shape index (κ3) is 3.58. The van der Waals surface area contributed by atoms with Crippen LogP contribution in [0.25, 0.3) is 33.5 Å². The third-order valence-corrected chi connectivity index (χ3v) is 10.7. The number of imidazole rings is 1. The van der Waals surface area contributed by atoms with Crippen molar-refractivity contribution in [3.63, 3.8) is 0 Å². The van der Waals surface area contributed by atoms with E-state index in [2.05, 4.69) is 66.3 Å². The van der Waals surface area contributed by atoms with Gasteiger partial charge in [0.1, 0.15) is 23.2 Å². The summed E-state index contributed by atoms with van der Waals surface area (Å²) in [7, 11) is 3.75. The van der Waals surface area contributed by atoms with Gasteiger partial charge in [0.15, 0.2) is 5.82 Å². The third-order valence-electron chi connectivity index (χ3n) is 10.7. The lowest BCUT2D eigenvalue weighted by Gasteiger charge is -2.52. The molecule has 10 heteroatoms. The van der Waals surface area contributed by atoms with Crippen LogP contribution in [0.3, 0.4) is 0 Å². The van der Waals surface area contributed by atoms with Crippen LogP contribution in [0.5, 0.6) is 5.75 Å². The van der Waals surface area contributed by atoms with Gasteiger partial charge >= 0.3 is 0 Å². The second-order valence-corrected chi connectivity index (χ2v) is 13.0. The number of rotatable bonds is 6. The Bertz CT molecular complexity index is 2030. The number of methoxy groups -OCH3 is 1. The van der Waals surface area contributed by atoms with Crippen LogP contribution in [-0.4, -0.2) is 67.7 Å². The Labute approximate surface area is 254 Å². The van der Waals surface area contributed by atoms with E-state index in [1.54, 1.807) is 13.3 Å². The summed E-state index contributed by atoms with van der Waals surface area (Å²) in [6.07, 6.45) is 4.06. The van der Waals surface area contributed by atoms with Crippen molar-refractivity contribution in [2.75, 3.05) is 31.6 Å². The van der Waals surface area contributed by atoms with E-state index in [4.69, 9.17) is 9.72 Å². The zero-order valence-corrected chi connectivity index (χ0v) is 24.7. The monoisotopic (exact) mass is 584 g/mol. The van der Waals surface area contributed by atoms with Crippen LogP contribution in [0.4, 0.5) is 5.82 Å². The number of fused-ring (bicyclic) bond motifs is 2. The highest BCUT2D eigenvalue weighted by molar-refractivity contribution is 6.00. The van der Waals surface area contributed by atoms with E-state index in [9.17, 15) is 10.1 Å². The highest BCUT2D eigenvalue weighted by atomic mass is 16.5. The average molecular weight is 585 g/mol. The molecule has 5 aromatic rings. The van der Waals surface area contributed by atoms with Gasteiger partial charge in [0, 0.05) is 67.8 Å². The molecule has 5 heterocycles. The van der Waals surface area contributed by atoms with Gasteiger partial charge in [0.25, 0.3) is 5.91 Å². The van der Waals surface area contributed by atoms with Gasteiger partial charge in [-0.1, -0.05) is 18.2 Å². The Morgan fingerprint density at radius 3 is 2.70 bits per heavy atom. The van der Waals surface area contributed by atoms with E-state index in [0.29, 0.717) is 29.2 Å². The van der Waals surface area contributed by atoms with Crippen LogP contribution < -0.4 is 9.64 Å². The molecule has 4 aliphatic rings. The number of aromatic nitrogens is 5. The van der Waals surface area contributed by atoms with Crippen molar-refractivity contribution >= 4 is 33.7 Å². The van der Waals surface area contributed by atoms with Crippen molar-refractivity contribution in [1.82, 2.24) is 29.0 Å². The molecular formula is C34H32N8O2. The molecule has 9 rings (SSSR count). The van der Waals surface area contributed by atoms with Gasteiger partial charge < -0.3 is 23.7 Å². The largest absolute Gasteiger partial charge is 0.494 e. The minimum atomic E-state index is 0.0972. The van der Waals surface area contributed by atoms with Crippen LogP contribution in [0.1, 0.15) is 29.0 Å². The summed E-state index contributed by atoms with van der Waals surface area (Å²) in [6.45, 7) is 3.20. The molecule has 10 nitrogen and oxygen atoms in total. The van der Waals surface area contributed by atoms with Crippen LogP contribution >= 0.6 is 0 Å². The number of nitriles is 1. The fourth-order valence-electron chi connectivity index (χ4n) is 8.46. The minimum absolute atomic E-state index is 0.0972. The van der Waals surface area contributed by atoms with Gasteiger partial charge in [-0.3, -0.25) is 4.79 Å². The van der Waals surface area contributed by atoms with Gasteiger partial charge in [-0.15, -0.1) is 0 Å². The zero-order valence-electron chi connectivity index (χ0n) is 24.7. The van der Waals surface area contributed by atoms with Gasteiger partial charge in [0.05, 0.1) is 18.3 Å². The summed E-state index contributed by atoms with van der Waals surface area (Å²) in [5.74, 6) is 5.14. The van der Waals surface area contributed by atoms with Crippen molar-refractivity contribution in [1.29, 1.82) is 5.26 Å². The normalized spacial score (nSPS) is 23.7. The van der Waals surface area contributed by atoms with Crippen molar-refractivity contribution in [3.05, 3.63) is 66.1 Å². The maximum Gasteiger partial charge on any atom is 0.254 e. The number of ether oxygens (including phenoxy) is 1. The molecule has 4 atom stereocenters. The molecule has 4 fully saturated rings. The van der Waals surface area contributed by atoms with Crippen LogP contribution in [0.15, 0.2) is 54.7 Å². The Morgan fingerprint density at radius 2 is 1.93 bits per heavy atom. The molecule has 44 heavy (non-hydrogen) atoms. The molecule has 2 saturated carbocycles. The average Bonchev–Trinajstić information content (AvgIpc) is 3.55. The Morgan fingerprint density at radius 1 is 1.07 bits per heavy atom. The van der Waals surface area contributed by atoms with Crippen molar-refractivity contribution in [2.45, 2.75) is 25.4 Å². The van der Waals surface area contributed by atoms with Gasteiger partial charge in [-0.05, 0) is 60.9 Å². The van der Waals surface area contributed by atoms with Gasteiger partial charge in [0.2, 0.25) is 5.82 Å². The Kier molecular flexibility index (Phi) is 5.40. The number of hydrogen-bond acceptors (Lipinski definition) is 7. The highest BCUT2D eigenvalue weighted by Crippen LogP contribution is 2.60. The summed E-state index contributed by atoms with van der Waals surface area (Å²) in [6, 6.07) is 18.7. The van der Waals surface area contributed by atoms with Crippen molar-refractivity contribution in [3.8, 4) is 23.3 Å². The van der Waals surface area contributed by atoms with E-state index in [1.165, 1.54) is 6.42 Å². The predicted octanol–water partition coefficient (Wildman–Crippen LogP) is 4.48. The number of carbonyl (C=O) groups excluding carboxylic acids is 1. The lowest BCUT2D eigenvalue weighted by Crippen LogP contribution is -2.53. The predicted molar refractivity (Wildman–Crippen MR) is 165 cm³/mol. The number of nitrogens with zero attached hydrogens (tertiary/aromatic N) is 8. The SMILES string of the molecule is COc1cc(C(=O)N2CC3CC4CC2[C@H]43)cc2nc(-c3cc4ccccc4n3C)n(CC3CN(c4ccnc(C#N)n4)C3)c12. The second kappa shape index (κ2) is 9.29. The lowest BCUT2D eigenvalue weighted by atomic mass is 9.53. The number of amides is 1. The number of aryl methyl sites for hydroxylation is 1. The molecule has 220 valence electrons. The lowest BCUT2D eigenvalue weighted by molar-refractivity contribution is -0.0204. The molecule has 0 spiro atoms. The van der Waals surface area contributed by atoms with E-state index in [-0.39, 0.29) is 11.7 Å². The molecule has 2 aliphatic carbocycles. The molecular weight excluding hydrogens is 552 g/mol. The van der Waals surface area contributed by atoms with Crippen LogP contribution in [0, 0.1) is 35.0 Å². The van der Waals surface area contributed by atoms with E-state index >= 15 is 0 Å². The first-order valence-electron chi connectivity index (χ1n) is 15.4. The topological polar surface area (TPSA) is 105 Å². The first-order valence-corrected chi connectivity index (χ1v) is 15.4. The summed E-state index contributed by atoms with van der Waals surface area (Å²) >= 11 is 0. The van der Waals surface area contributed by atoms with Gasteiger partial charge in [-0.25, -0.2) is 15.0 Å². The van der Waals surface area contributed by atoms with Crippen LogP contribution in [-0.2, 0) is 13.6 Å². The number of benzene rings is 2. The molecule has 2 aliphatic heterocycles. The molecule has 0 N–H and O–H groups in total. The standard InChI is InChI=1S/C34H32N8O2/c1-39-25-6-4-3-5-20(25)11-27(39)33-37-24-10-22(34(43)41-18-23-9-21-12-26(41)31(21)23)13-28(44-2)32(24)42(33)17-19-15-40(16-19)30-7-8-36-29(14-35)38-30/h3-8,10-11,13,19,21,23,26,31H,9,12,15-18H2,1-2H3/t21?,23?,26?,31-/m1/s1. The summed E-state index contributed by atoms with van der Waals surface area (Å²) in [5.41, 5.74) is 4.48. The number of carbonyl (C=O) groups is 1.